The van der Waals surface area contributed by atoms with Gasteiger partial charge in [-0.25, -0.2) is 9.37 Å². The van der Waals surface area contributed by atoms with Gasteiger partial charge in [0.2, 0.25) is 0 Å². The summed E-state index contributed by atoms with van der Waals surface area (Å²) in [6.45, 7) is 1.00. The lowest BCUT2D eigenvalue weighted by Gasteiger charge is -2.40. The first-order chi connectivity index (χ1) is 17.5. The number of aromatic nitrogens is 1. The van der Waals surface area contributed by atoms with E-state index in [4.69, 9.17) is 4.42 Å². The number of hydrogen-bond acceptors (Lipinski definition) is 7. The third-order valence-corrected chi connectivity index (χ3v) is 8.02. The number of nitrogens with one attached hydrogen (secondary N) is 2. The van der Waals surface area contributed by atoms with Gasteiger partial charge in [-0.1, -0.05) is 25.0 Å². The lowest BCUT2D eigenvalue weighted by Crippen LogP contribution is -2.56. The second-order valence-corrected chi connectivity index (χ2v) is 10.3. The van der Waals surface area contributed by atoms with Crippen LogP contribution < -0.4 is 15.5 Å². The fraction of sp³-hybridized carbons (Fsp3) is 0.444. The Kier molecular flexibility index (Phi) is 6.08. The molecule has 3 aromatic rings. The normalized spacial score (nSPS) is 27.4. The minimum Gasteiger partial charge on any atom is -0.423 e. The molecular weight excluding hydrogens is 461 g/mol. The van der Waals surface area contributed by atoms with Crippen molar-refractivity contribution in [3.63, 3.8) is 0 Å². The van der Waals surface area contributed by atoms with Gasteiger partial charge in [0.1, 0.15) is 5.82 Å². The molecule has 2 heterocycles. The number of oxazole rings is 1. The monoisotopic (exact) mass is 491 g/mol. The fourth-order valence-electron chi connectivity index (χ4n) is 6.33. The first kappa shape index (κ1) is 23.0. The molecule has 3 aliphatic rings. The van der Waals surface area contributed by atoms with E-state index >= 15 is 0 Å². The number of piperidine rings is 1. The molecule has 0 spiro atoms. The molecule has 8 nitrogen and oxygen atoms in total. The van der Waals surface area contributed by atoms with Gasteiger partial charge in [-0.2, -0.15) is 0 Å². The largest absolute Gasteiger partial charge is 0.423 e. The molecule has 2 N–H and O–H groups in total. The van der Waals surface area contributed by atoms with Crippen molar-refractivity contribution in [3.05, 3.63) is 70.7 Å². The number of nitrogens with zero attached hydrogens (tertiary/aromatic N) is 3. The van der Waals surface area contributed by atoms with Crippen LogP contribution in [0.5, 0.6) is 0 Å². The maximum atomic E-state index is 14.2. The van der Waals surface area contributed by atoms with Gasteiger partial charge in [0.15, 0.2) is 5.76 Å². The van der Waals surface area contributed by atoms with Gasteiger partial charge in [0.05, 0.1) is 16.7 Å². The molecule has 2 saturated carbocycles. The number of rotatable bonds is 7. The Morgan fingerprint density at radius 1 is 1.03 bits per heavy atom. The van der Waals surface area contributed by atoms with E-state index in [1.807, 2.05) is 12.1 Å². The van der Waals surface area contributed by atoms with Crippen LogP contribution in [0.3, 0.4) is 0 Å². The van der Waals surface area contributed by atoms with Crippen LogP contribution in [0, 0.1) is 21.8 Å². The minimum atomic E-state index is -0.354. The summed E-state index contributed by atoms with van der Waals surface area (Å²) in [6.07, 6.45) is 8.27. The zero-order chi connectivity index (χ0) is 24.6. The van der Waals surface area contributed by atoms with Crippen LogP contribution in [-0.2, 0) is 0 Å². The SMILES string of the molecule is O=[N+]([O-])c1ccc(N2C[C@@H]3C[C@H](NC4CCCCC4Nc4ncc(-c5ccccc5F)o4)[C@H]2C3)cc1. The van der Waals surface area contributed by atoms with E-state index in [1.165, 1.54) is 12.5 Å². The molecule has 2 aliphatic carbocycles. The van der Waals surface area contributed by atoms with Crippen molar-refractivity contribution in [1.29, 1.82) is 0 Å². The van der Waals surface area contributed by atoms with E-state index < -0.39 is 0 Å². The Morgan fingerprint density at radius 2 is 1.81 bits per heavy atom. The van der Waals surface area contributed by atoms with Crippen molar-refractivity contribution in [1.82, 2.24) is 10.3 Å². The number of anilines is 2. The molecule has 1 aromatic heterocycles. The number of fused-ring (bicyclic) bond motifs is 2. The smallest absolute Gasteiger partial charge is 0.295 e. The van der Waals surface area contributed by atoms with Crippen molar-refractivity contribution in [3.8, 4) is 11.3 Å². The van der Waals surface area contributed by atoms with Gasteiger partial charge in [-0.3, -0.25) is 10.1 Å². The summed E-state index contributed by atoms with van der Waals surface area (Å²) in [5.74, 6) is 0.724. The number of benzene rings is 2. The summed E-state index contributed by atoms with van der Waals surface area (Å²) in [6, 6.07) is 15.1. The van der Waals surface area contributed by atoms with Gasteiger partial charge in [0.25, 0.3) is 11.7 Å². The molecule has 3 fully saturated rings. The van der Waals surface area contributed by atoms with Crippen LogP contribution in [0.25, 0.3) is 11.3 Å². The van der Waals surface area contributed by atoms with E-state index in [9.17, 15) is 14.5 Å². The van der Waals surface area contributed by atoms with Gasteiger partial charge in [-0.15, -0.1) is 0 Å². The van der Waals surface area contributed by atoms with Crippen LogP contribution in [0.15, 0.2) is 59.1 Å². The highest BCUT2D eigenvalue weighted by Gasteiger charge is 2.46. The number of nitro benzene ring substituents is 1. The Bertz CT molecular complexity index is 1230. The Hall–Kier alpha value is -3.46. The first-order valence-corrected chi connectivity index (χ1v) is 12.8. The minimum absolute atomic E-state index is 0.124. The van der Waals surface area contributed by atoms with Crippen molar-refractivity contribution in [2.75, 3.05) is 16.8 Å². The second kappa shape index (κ2) is 9.54. The summed E-state index contributed by atoms with van der Waals surface area (Å²) in [4.78, 5) is 17.5. The molecule has 2 aromatic carbocycles. The van der Waals surface area contributed by atoms with Crippen molar-refractivity contribution in [2.24, 2.45) is 5.92 Å². The highest BCUT2D eigenvalue weighted by molar-refractivity contribution is 5.58. The first-order valence-electron chi connectivity index (χ1n) is 12.8. The predicted octanol–water partition coefficient (Wildman–Crippen LogP) is 5.37. The fourth-order valence-corrected chi connectivity index (χ4v) is 6.33. The van der Waals surface area contributed by atoms with Gasteiger partial charge >= 0.3 is 0 Å². The van der Waals surface area contributed by atoms with Crippen molar-refractivity contribution < 1.29 is 13.7 Å². The Balaban J connectivity index is 1.13. The molecule has 36 heavy (non-hydrogen) atoms. The Morgan fingerprint density at radius 3 is 2.56 bits per heavy atom. The van der Waals surface area contributed by atoms with Crippen LogP contribution in [0.2, 0.25) is 0 Å². The molecule has 0 amide bonds. The van der Waals surface area contributed by atoms with E-state index in [-0.39, 0.29) is 28.5 Å². The molecule has 1 saturated heterocycles. The maximum Gasteiger partial charge on any atom is 0.295 e. The highest BCUT2D eigenvalue weighted by atomic mass is 19.1. The predicted molar refractivity (Wildman–Crippen MR) is 135 cm³/mol. The maximum absolute atomic E-state index is 14.2. The molecule has 6 rings (SSSR count). The molecule has 2 unspecified atom stereocenters. The third kappa shape index (κ3) is 4.43. The van der Waals surface area contributed by atoms with Gasteiger partial charge in [0, 0.05) is 48.5 Å². The van der Waals surface area contributed by atoms with Crippen molar-refractivity contribution in [2.45, 2.75) is 62.7 Å². The zero-order valence-electron chi connectivity index (χ0n) is 20.0. The molecule has 188 valence electrons. The van der Waals surface area contributed by atoms with Crippen LogP contribution in [0.1, 0.15) is 38.5 Å². The number of non-ortho nitro benzene ring substituents is 1. The van der Waals surface area contributed by atoms with E-state index in [2.05, 4.69) is 20.5 Å². The van der Waals surface area contributed by atoms with Crippen LogP contribution >= 0.6 is 0 Å². The lowest BCUT2D eigenvalue weighted by molar-refractivity contribution is -0.384. The third-order valence-electron chi connectivity index (χ3n) is 8.02. The molecular formula is C27H30FN5O3. The lowest BCUT2D eigenvalue weighted by atomic mass is 9.89. The molecule has 5 atom stereocenters. The zero-order valence-corrected chi connectivity index (χ0v) is 20.0. The Labute approximate surface area is 209 Å². The summed E-state index contributed by atoms with van der Waals surface area (Å²) >= 11 is 0. The summed E-state index contributed by atoms with van der Waals surface area (Å²) in [5, 5.41) is 18.5. The topological polar surface area (TPSA) is 96.5 Å². The molecule has 9 heteroatoms. The van der Waals surface area contributed by atoms with E-state index in [1.54, 1.807) is 36.5 Å². The standard InChI is InChI=1S/C27H30FN5O3/c28-21-6-2-1-5-20(21)26-15-29-27(36-26)31-23-8-4-3-7-22(23)30-24-13-17-14-25(24)32(16-17)18-9-11-19(12-10-18)33(34)35/h1-2,5-6,9-12,15,17,22-25,30H,3-4,7-8,13-14,16H2,(H,29,31)/t17-,22?,23?,24+,25-/m1/s1. The van der Waals surface area contributed by atoms with Crippen LogP contribution in [0.4, 0.5) is 21.8 Å². The van der Waals surface area contributed by atoms with Gasteiger partial charge in [-0.05, 0) is 55.9 Å². The average Bonchev–Trinajstić information content (AvgIpc) is 3.62. The summed E-state index contributed by atoms with van der Waals surface area (Å²) in [5.41, 5.74) is 1.58. The summed E-state index contributed by atoms with van der Waals surface area (Å²) < 4.78 is 20.0. The average molecular weight is 492 g/mol. The number of halogens is 1. The second-order valence-electron chi connectivity index (χ2n) is 10.3. The molecule has 0 radical (unpaired) electrons. The molecule has 2 bridgehead atoms. The van der Waals surface area contributed by atoms with E-state index in [0.29, 0.717) is 35.3 Å². The summed E-state index contributed by atoms with van der Waals surface area (Å²) in [7, 11) is 0. The highest BCUT2D eigenvalue weighted by Crippen LogP contribution is 2.41. The number of nitro groups is 1. The van der Waals surface area contributed by atoms with E-state index in [0.717, 1.165) is 44.3 Å². The van der Waals surface area contributed by atoms with Crippen molar-refractivity contribution >= 4 is 17.4 Å². The van der Waals surface area contributed by atoms with Gasteiger partial charge < -0.3 is 20.0 Å². The molecule has 1 aliphatic heterocycles. The van der Waals surface area contributed by atoms with Crippen LogP contribution in [-0.4, -0.2) is 40.6 Å². The number of hydrogen-bond donors (Lipinski definition) is 2. The quantitative estimate of drug-likeness (QED) is 0.339.